The number of nitrogens with zero attached hydrogens (tertiary/aromatic N) is 3. The van der Waals surface area contributed by atoms with E-state index in [2.05, 4.69) is 45.1 Å². The molecule has 2 heterocycles. The molecule has 0 spiro atoms. The largest absolute Gasteiger partial charge is 0.496 e. The number of methoxy groups -OCH3 is 1. The molecule has 0 N–H and O–H groups in total. The molecule has 0 aliphatic carbocycles. The van der Waals surface area contributed by atoms with Crippen LogP contribution < -0.4 is 4.74 Å². The van der Waals surface area contributed by atoms with Gasteiger partial charge in [-0.15, -0.1) is 10.2 Å². The van der Waals surface area contributed by atoms with Crippen LogP contribution >= 0.6 is 0 Å². The van der Waals surface area contributed by atoms with Crippen molar-refractivity contribution < 1.29 is 4.74 Å². The number of ether oxygens (including phenoxy) is 1. The topological polar surface area (TPSA) is 39.9 Å². The molecule has 25 heavy (non-hydrogen) atoms. The maximum absolute atomic E-state index is 5.52. The van der Waals surface area contributed by atoms with E-state index in [1.165, 1.54) is 11.1 Å². The first-order chi connectivity index (χ1) is 12.4. The fourth-order valence-corrected chi connectivity index (χ4v) is 3.37. The highest BCUT2D eigenvalue weighted by Gasteiger charge is 2.21. The average molecular weight is 331 g/mol. The van der Waals surface area contributed by atoms with Gasteiger partial charge in [-0.3, -0.25) is 0 Å². The zero-order valence-electron chi connectivity index (χ0n) is 14.4. The van der Waals surface area contributed by atoms with Crippen LogP contribution in [0.3, 0.4) is 0 Å². The molecule has 4 heteroatoms. The second-order valence-corrected chi connectivity index (χ2v) is 6.24. The molecular formula is C21H21N3O. The molecule has 0 saturated heterocycles. The maximum Gasteiger partial charge on any atom is 0.167 e. The van der Waals surface area contributed by atoms with Crippen LogP contribution in [0.25, 0.3) is 23.0 Å². The molecule has 1 aliphatic rings. The first kappa shape index (κ1) is 15.6. The van der Waals surface area contributed by atoms with Crippen molar-refractivity contribution in [3.63, 3.8) is 0 Å². The number of hydrogen-bond acceptors (Lipinski definition) is 3. The number of rotatable bonds is 3. The third-order valence-electron chi connectivity index (χ3n) is 4.60. The van der Waals surface area contributed by atoms with E-state index in [0.717, 1.165) is 48.8 Å². The van der Waals surface area contributed by atoms with Crippen LogP contribution in [0.5, 0.6) is 5.75 Å². The first-order valence-electron chi connectivity index (χ1n) is 8.69. The predicted octanol–water partition coefficient (Wildman–Crippen LogP) is 4.68. The minimum atomic E-state index is 0.829. The van der Waals surface area contributed by atoms with Crippen LogP contribution in [0.15, 0.2) is 54.6 Å². The number of aromatic nitrogens is 3. The van der Waals surface area contributed by atoms with Crippen LogP contribution in [0.2, 0.25) is 0 Å². The molecule has 0 radical (unpaired) electrons. The van der Waals surface area contributed by atoms with Crippen molar-refractivity contribution in [2.24, 2.45) is 0 Å². The molecule has 0 unspecified atom stereocenters. The van der Waals surface area contributed by atoms with E-state index in [1.54, 1.807) is 7.11 Å². The fraction of sp³-hybridized carbons (Fsp3) is 0.238. The van der Waals surface area contributed by atoms with Crippen molar-refractivity contribution in [1.29, 1.82) is 0 Å². The molecule has 4 nitrogen and oxygen atoms in total. The number of fused-ring (bicyclic) bond motifs is 1. The van der Waals surface area contributed by atoms with E-state index in [1.807, 2.05) is 30.3 Å². The summed E-state index contributed by atoms with van der Waals surface area (Å²) in [5, 5.41) is 9.04. The van der Waals surface area contributed by atoms with Gasteiger partial charge in [0.1, 0.15) is 5.75 Å². The Hall–Kier alpha value is -2.88. The summed E-state index contributed by atoms with van der Waals surface area (Å²) >= 11 is 0. The van der Waals surface area contributed by atoms with Crippen LogP contribution in [-0.2, 0) is 6.54 Å². The molecule has 1 aliphatic heterocycles. The summed E-state index contributed by atoms with van der Waals surface area (Å²) in [7, 11) is 1.69. The highest BCUT2D eigenvalue weighted by molar-refractivity contribution is 5.80. The molecule has 0 fully saturated rings. The Bertz CT molecular complexity index is 897. The minimum absolute atomic E-state index is 0.829. The minimum Gasteiger partial charge on any atom is -0.496 e. The van der Waals surface area contributed by atoms with Gasteiger partial charge in [0.15, 0.2) is 11.6 Å². The first-order valence-corrected chi connectivity index (χ1v) is 8.69. The highest BCUT2D eigenvalue weighted by atomic mass is 16.5. The quantitative estimate of drug-likeness (QED) is 0.700. The summed E-state index contributed by atoms with van der Waals surface area (Å²) in [6, 6.07) is 18.4. The lowest BCUT2D eigenvalue weighted by Gasteiger charge is -2.10. The highest BCUT2D eigenvalue weighted by Crippen LogP contribution is 2.33. The van der Waals surface area contributed by atoms with Crippen LogP contribution in [0, 0.1) is 0 Å². The Balaban J connectivity index is 1.81. The molecule has 0 bridgehead atoms. The van der Waals surface area contributed by atoms with E-state index >= 15 is 0 Å². The second-order valence-electron chi connectivity index (χ2n) is 6.24. The maximum atomic E-state index is 5.52. The summed E-state index contributed by atoms with van der Waals surface area (Å²) in [4.78, 5) is 0. The summed E-state index contributed by atoms with van der Waals surface area (Å²) in [6.07, 6.45) is 5.55. The Labute approximate surface area is 147 Å². The summed E-state index contributed by atoms with van der Waals surface area (Å²) in [5.41, 5.74) is 3.44. The number of para-hydroxylation sites is 1. The standard InChI is InChI=1S/C21H21N3O/c1-25-19-13-6-5-12-18(19)21-23-22-20-17(11-7-8-14-24(20)21)15-16-9-3-2-4-10-16/h2-6,9-10,12-13,15H,7-8,11,14H2,1H3. The van der Waals surface area contributed by atoms with E-state index in [-0.39, 0.29) is 0 Å². The Morgan fingerprint density at radius 1 is 0.920 bits per heavy atom. The van der Waals surface area contributed by atoms with Gasteiger partial charge in [0.25, 0.3) is 0 Å². The van der Waals surface area contributed by atoms with Gasteiger partial charge in [-0.05, 0) is 48.6 Å². The smallest absolute Gasteiger partial charge is 0.167 e. The van der Waals surface area contributed by atoms with Gasteiger partial charge >= 0.3 is 0 Å². The summed E-state index contributed by atoms with van der Waals surface area (Å²) < 4.78 is 7.75. The molecule has 2 aromatic carbocycles. The van der Waals surface area contributed by atoms with Crippen LogP contribution in [0.1, 0.15) is 30.7 Å². The predicted molar refractivity (Wildman–Crippen MR) is 100 cm³/mol. The van der Waals surface area contributed by atoms with Gasteiger partial charge in [0.05, 0.1) is 12.7 Å². The lowest BCUT2D eigenvalue weighted by Crippen LogP contribution is -2.03. The fourth-order valence-electron chi connectivity index (χ4n) is 3.37. The van der Waals surface area contributed by atoms with Crippen molar-refractivity contribution in [3.05, 3.63) is 66.0 Å². The van der Waals surface area contributed by atoms with E-state index in [9.17, 15) is 0 Å². The van der Waals surface area contributed by atoms with E-state index < -0.39 is 0 Å². The lowest BCUT2D eigenvalue weighted by molar-refractivity contribution is 0.416. The van der Waals surface area contributed by atoms with Crippen LogP contribution in [-0.4, -0.2) is 21.9 Å². The molecule has 0 amide bonds. The van der Waals surface area contributed by atoms with Crippen molar-refractivity contribution in [1.82, 2.24) is 14.8 Å². The second kappa shape index (κ2) is 6.93. The summed E-state index contributed by atoms with van der Waals surface area (Å²) in [6.45, 7) is 0.932. The Morgan fingerprint density at radius 3 is 2.52 bits per heavy atom. The van der Waals surface area contributed by atoms with Crippen molar-refractivity contribution in [2.45, 2.75) is 25.8 Å². The van der Waals surface area contributed by atoms with E-state index in [4.69, 9.17) is 4.74 Å². The number of benzene rings is 2. The molecule has 1 aromatic heterocycles. The third kappa shape index (κ3) is 3.07. The van der Waals surface area contributed by atoms with Crippen LogP contribution in [0.4, 0.5) is 0 Å². The zero-order chi connectivity index (χ0) is 17.1. The van der Waals surface area contributed by atoms with Gasteiger partial charge < -0.3 is 9.30 Å². The van der Waals surface area contributed by atoms with Crippen molar-refractivity contribution >= 4 is 11.6 Å². The molecular weight excluding hydrogens is 310 g/mol. The number of allylic oxidation sites excluding steroid dienone is 1. The van der Waals surface area contributed by atoms with Gasteiger partial charge in [-0.1, -0.05) is 42.5 Å². The van der Waals surface area contributed by atoms with Gasteiger partial charge in [0.2, 0.25) is 0 Å². The SMILES string of the molecule is COc1ccccc1-c1nnc2n1CCCCC2=Cc1ccccc1. The Kier molecular flexibility index (Phi) is 4.34. The van der Waals surface area contributed by atoms with Crippen molar-refractivity contribution in [2.75, 3.05) is 7.11 Å². The molecule has 0 saturated carbocycles. The van der Waals surface area contributed by atoms with Crippen molar-refractivity contribution in [3.8, 4) is 17.1 Å². The molecule has 126 valence electrons. The Morgan fingerprint density at radius 2 is 1.68 bits per heavy atom. The zero-order valence-corrected chi connectivity index (χ0v) is 14.4. The molecule has 0 atom stereocenters. The average Bonchev–Trinajstić information content (AvgIpc) is 2.99. The monoisotopic (exact) mass is 331 g/mol. The van der Waals surface area contributed by atoms with Gasteiger partial charge in [0, 0.05) is 6.54 Å². The molecule has 3 aromatic rings. The van der Waals surface area contributed by atoms with E-state index in [0.29, 0.717) is 0 Å². The van der Waals surface area contributed by atoms with Gasteiger partial charge in [-0.2, -0.15) is 0 Å². The normalized spacial score (nSPS) is 15.6. The van der Waals surface area contributed by atoms with Gasteiger partial charge in [-0.25, -0.2) is 0 Å². The number of hydrogen-bond donors (Lipinski definition) is 0. The molecule has 4 rings (SSSR count). The lowest BCUT2D eigenvalue weighted by atomic mass is 10.1. The summed E-state index contributed by atoms with van der Waals surface area (Å²) in [5.74, 6) is 2.69. The third-order valence-corrected chi connectivity index (χ3v) is 4.60.